The topological polar surface area (TPSA) is 67.2 Å². The number of halogens is 1. The number of carbonyl (C=O) groups is 1. The van der Waals surface area contributed by atoms with Crippen molar-refractivity contribution in [3.05, 3.63) is 47.3 Å². The van der Waals surface area contributed by atoms with Crippen molar-refractivity contribution < 1.29 is 9.18 Å². The predicted octanol–water partition coefficient (Wildman–Crippen LogP) is 3.34. The van der Waals surface area contributed by atoms with Gasteiger partial charge in [-0.15, -0.1) is 0 Å². The molecular weight excluding hydrogens is 269 g/mol. The van der Waals surface area contributed by atoms with Gasteiger partial charge in [0.15, 0.2) is 0 Å². The number of nitrogens with two attached hydrogens (primary N) is 1. The van der Waals surface area contributed by atoms with Crippen LogP contribution >= 0.6 is 0 Å². The molecule has 1 aliphatic heterocycles. The van der Waals surface area contributed by atoms with Crippen LogP contribution in [0.5, 0.6) is 0 Å². The minimum atomic E-state index is -0.319. The lowest BCUT2D eigenvalue weighted by molar-refractivity contribution is -0.116. The SMILES string of the molecule is Cc1ccc(Nc2cc3c(cc2N)NC(=O)CC3)c(F)c1. The number of nitrogen functional groups attached to an aromatic ring is 1. The van der Waals surface area contributed by atoms with Crippen LogP contribution < -0.4 is 16.4 Å². The highest BCUT2D eigenvalue weighted by Crippen LogP contribution is 2.33. The number of hydrogen-bond donors (Lipinski definition) is 3. The van der Waals surface area contributed by atoms with Gasteiger partial charge in [-0.2, -0.15) is 0 Å². The van der Waals surface area contributed by atoms with Crippen LogP contribution in [0.4, 0.5) is 27.1 Å². The second-order valence-corrected chi connectivity index (χ2v) is 5.25. The molecule has 0 fully saturated rings. The Morgan fingerprint density at radius 1 is 1.19 bits per heavy atom. The van der Waals surface area contributed by atoms with Gasteiger partial charge in [0.1, 0.15) is 5.82 Å². The van der Waals surface area contributed by atoms with Crippen LogP contribution in [0, 0.1) is 12.7 Å². The van der Waals surface area contributed by atoms with Gasteiger partial charge in [0.25, 0.3) is 0 Å². The largest absolute Gasteiger partial charge is 0.397 e. The van der Waals surface area contributed by atoms with Crippen molar-refractivity contribution in [3.8, 4) is 0 Å². The van der Waals surface area contributed by atoms with Gasteiger partial charge in [0.05, 0.1) is 17.1 Å². The Hall–Kier alpha value is -2.56. The first-order valence-corrected chi connectivity index (χ1v) is 6.78. The van der Waals surface area contributed by atoms with Crippen LogP contribution in [0.3, 0.4) is 0 Å². The summed E-state index contributed by atoms with van der Waals surface area (Å²) in [5, 5.41) is 5.81. The highest BCUT2D eigenvalue weighted by atomic mass is 19.1. The van der Waals surface area contributed by atoms with Crippen molar-refractivity contribution in [2.75, 3.05) is 16.4 Å². The molecule has 0 saturated heterocycles. The zero-order chi connectivity index (χ0) is 15.0. The fraction of sp³-hybridized carbons (Fsp3) is 0.188. The van der Waals surface area contributed by atoms with Gasteiger partial charge in [-0.3, -0.25) is 4.79 Å². The van der Waals surface area contributed by atoms with E-state index in [-0.39, 0.29) is 11.7 Å². The predicted molar refractivity (Wildman–Crippen MR) is 82.2 cm³/mol. The third-order valence-corrected chi connectivity index (χ3v) is 3.56. The van der Waals surface area contributed by atoms with Gasteiger partial charge in [-0.1, -0.05) is 6.07 Å². The van der Waals surface area contributed by atoms with Crippen LogP contribution in [-0.4, -0.2) is 5.91 Å². The lowest BCUT2D eigenvalue weighted by Crippen LogP contribution is -2.19. The first kappa shape index (κ1) is 13.4. The average Bonchev–Trinajstić information content (AvgIpc) is 2.42. The van der Waals surface area contributed by atoms with E-state index in [0.717, 1.165) is 16.8 Å². The Bertz CT molecular complexity index is 728. The van der Waals surface area contributed by atoms with Crippen LogP contribution in [0.2, 0.25) is 0 Å². The van der Waals surface area contributed by atoms with E-state index in [1.807, 2.05) is 19.1 Å². The summed E-state index contributed by atoms with van der Waals surface area (Å²) in [6.45, 7) is 1.84. The van der Waals surface area contributed by atoms with Crippen molar-refractivity contribution in [1.29, 1.82) is 0 Å². The molecule has 4 N–H and O–H groups in total. The third kappa shape index (κ3) is 2.67. The number of benzene rings is 2. The molecule has 1 amide bonds. The van der Waals surface area contributed by atoms with Gasteiger partial charge in [0.2, 0.25) is 5.91 Å². The first-order valence-electron chi connectivity index (χ1n) is 6.78. The van der Waals surface area contributed by atoms with E-state index in [1.165, 1.54) is 6.07 Å². The maximum absolute atomic E-state index is 13.9. The second kappa shape index (κ2) is 5.09. The molecular formula is C16H16FN3O. The molecule has 0 bridgehead atoms. The highest BCUT2D eigenvalue weighted by molar-refractivity contribution is 5.95. The molecule has 1 heterocycles. The zero-order valence-electron chi connectivity index (χ0n) is 11.7. The summed E-state index contributed by atoms with van der Waals surface area (Å²) in [6.07, 6.45) is 1.11. The molecule has 4 nitrogen and oxygen atoms in total. The first-order chi connectivity index (χ1) is 10.0. The maximum atomic E-state index is 13.9. The number of carbonyl (C=O) groups excluding carboxylic acids is 1. The fourth-order valence-corrected chi connectivity index (χ4v) is 2.42. The highest BCUT2D eigenvalue weighted by Gasteiger charge is 2.17. The van der Waals surface area contributed by atoms with E-state index in [2.05, 4.69) is 10.6 Å². The van der Waals surface area contributed by atoms with E-state index >= 15 is 0 Å². The molecule has 1 aliphatic rings. The van der Waals surface area contributed by atoms with E-state index < -0.39 is 0 Å². The summed E-state index contributed by atoms with van der Waals surface area (Å²) in [7, 11) is 0. The fourth-order valence-electron chi connectivity index (χ4n) is 2.42. The Morgan fingerprint density at radius 2 is 2.00 bits per heavy atom. The summed E-state index contributed by atoms with van der Waals surface area (Å²) in [5.41, 5.74) is 10.1. The van der Waals surface area contributed by atoms with E-state index in [4.69, 9.17) is 5.73 Å². The van der Waals surface area contributed by atoms with Crippen molar-refractivity contribution >= 4 is 28.7 Å². The molecule has 0 atom stereocenters. The van der Waals surface area contributed by atoms with Crippen molar-refractivity contribution in [2.24, 2.45) is 0 Å². The zero-order valence-corrected chi connectivity index (χ0v) is 11.7. The summed E-state index contributed by atoms with van der Waals surface area (Å²) in [6, 6.07) is 8.56. The number of anilines is 4. The van der Waals surface area contributed by atoms with E-state index in [0.29, 0.717) is 29.9 Å². The van der Waals surface area contributed by atoms with E-state index in [1.54, 1.807) is 12.1 Å². The number of rotatable bonds is 2. The molecule has 0 unspecified atom stereocenters. The van der Waals surface area contributed by atoms with Gasteiger partial charge < -0.3 is 16.4 Å². The summed E-state index contributed by atoms with van der Waals surface area (Å²) < 4.78 is 13.9. The Kier molecular flexibility index (Phi) is 3.25. The minimum Gasteiger partial charge on any atom is -0.397 e. The van der Waals surface area contributed by atoms with Gasteiger partial charge in [-0.05, 0) is 48.7 Å². The smallest absolute Gasteiger partial charge is 0.224 e. The summed E-state index contributed by atoms with van der Waals surface area (Å²) >= 11 is 0. The normalized spacial score (nSPS) is 13.5. The van der Waals surface area contributed by atoms with Crippen molar-refractivity contribution in [3.63, 3.8) is 0 Å². The molecule has 2 aromatic rings. The maximum Gasteiger partial charge on any atom is 0.224 e. The van der Waals surface area contributed by atoms with Gasteiger partial charge in [-0.25, -0.2) is 4.39 Å². The minimum absolute atomic E-state index is 0.00723. The second-order valence-electron chi connectivity index (χ2n) is 5.25. The third-order valence-electron chi connectivity index (χ3n) is 3.56. The molecule has 5 heteroatoms. The number of hydrogen-bond acceptors (Lipinski definition) is 3. The Balaban J connectivity index is 1.94. The molecule has 108 valence electrons. The van der Waals surface area contributed by atoms with Crippen LogP contribution in [0.15, 0.2) is 30.3 Å². The Morgan fingerprint density at radius 3 is 2.76 bits per heavy atom. The van der Waals surface area contributed by atoms with Gasteiger partial charge in [0, 0.05) is 12.1 Å². The van der Waals surface area contributed by atoms with Crippen molar-refractivity contribution in [2.45, 2.75) is 19.8 Å². The number of aryl methyl sites for hydroxylation is 2. The standard InChI is InChI=1S/C16H16FN3O/c1-9-2-4-13(11(17)6-9)19-15-7-10-3-5-16(21)20-14(10)8-12(15)18/h2,4,6-8,19H,3,5,18H2,1H3,(H,20,21). The van der Waals surface area contributed by atoms with Gasteiger partial charge >= 0.3 is 0 Å². The van der Waals surface area contributed by atoms with Crippen LogP contribution in [-0.2, 0) is 11.2 Å². The summed E-state index contributed by atoms with van der Waals surface area (Å²) in [5.74, 6) is -0.326. The molecule has 0 aliphatic carbocycles. The monoisotopic (exact) mass is 285 g/mol. The van der Waals surface area contributed by atoms with Crippen LogP contribution in [0.25, 0.3) is 0 Å². The molecule has 0 aromatic heterocycles. The molecule has 0 spiro atoms. The summed E-state index contributed by atoms with van der Waals surface area (Å²) in [4.78, 5) is 11.4. The quantitative estimate of drug-likeness (QED) is 0.741. The number of nitrogens with one attached hydrogen (secondary N) is 2. The average molecular weight is 285 g/mol. The molecule has 21 heavy (non-hydrogen) atoms. The number of fused-ring (bicyclic) bond motifs is 1. The van der Waals surface area contributed by atoms with E-state index in [9.17, 15) is 9.18 Å². The lowest BCUT2D eigenvalue weighted by Gasteiger charge is -2.20. The molecule has 0 saturated carbocycles. The van der Waals surface area contributed by atoms with Crippen LogP contribution in [0.1, 0.15) is 17.5 Å². The Labute approximate surface area is 122 Å². The lowest BCUT2D eigenvalue weighted by atomic mass is 10.0. The molecule has 2 aromatic carbocycles. The molecule has 0 radical (unpaired) electrons. The number of amides is 1. The molecule has 3 rings (SSSR count). The van der Waals surface area contributed by atoms with Crippen molar-refractivity contribution in [1.82, 2.24) is 0 Å².